The van der Waals surface area contributed by atoms with Crippen molar-refractivity contribution in [3.05, 3.63) is 118 Å². The summed E-state index contributed by atoms with van der Waals surface area (Å²) >= 11 is 3.13. The van der Waals surface area contributed by atoms with Crippen LogP contribution in [0.2, 0.25) is 0 Å². The number of nitrogens with two attached hydrogens (primary N) is 1. The van der Waals surface area contributed by atoms with Crippen molar-refractivity contribution < 1.29 is 34.8 Å². The van der Waals surface area contributed by atoms with Crippen LogP contribution in [0.25, 0.3) is 31.9 Å². The zero-order chi connectivity index (χ0) is 43.5. The van der Waals surface area contributed by atoms with Crippen LogP contribution in [0.4, 0.5) is 20.2 Å². The van der Waals surface area contributed by atoms with Crippen molar-refractivity contribution in [2.24, 2.45) is 5.73 Å². The molecule has 0 unspecified atom stereocenters. The number of hydrogen-bond acceptors (Lipinski definition) is 13. The first-order valence-electron chi connectivity index (χ1n) is 18.6. The van der Waals surface area contributed by atoms with E-state index in [1.807, 2.05) is 24.3 Å². The van der Waals surface area contributed by atoms with E-state index in [2.05, 4.69) is 47.9 Å². The van der Waals surface area contributed by atoms with E-state index >= 15 is 0 Å². The maximum absolute atomic E-state index is 12.7. The molecule has 0 amide bonds. The number of hydrogen-bond donors (Lipinski definition) is 1. The van der Waals surface area contributed by atoms with Gasteiger partial charge in [0.2, 0.25) is 25.9 Å². The summed E-state index contributed by atoms with van der Waals surface area (Å²) in [4.78, 5) is 20.9. The summed E-state index contributed by atoms with van der Waals surface area (Å²) in [6.45, 7) is 8.52. The summed E-state index contributed by atoms with van der Waals surface area (Å²) in [5.74, 6) is -0.310. The van der Waals surface area contributed by atoms with E-state index in [1.54, 1.807) is 83.3 Å². The van der Waals surface area contributed by atoms with Gasteiger partial charge in [0.15, 0.2) is 5.78 Å². The summed E-state index contributed by atoms with van der Waals surface area (Å²) in [6, 6.07) is 24.4. The molecular weight excluding hydrogens is 853 g/mol. The van der Waals surface area contributed by atoms with Crippen LogP contribution in [0.1, 0.15) is 83.3 Å². The van der Waals surface area contributed by atoms with Crippen molar-refractivity contribution in [1.82, 2.24) is 20.2 Å². The number of nitrogens with zero attached hydrogens (tertiary/aromatic N) is 6. The highest BCUT2D eigenvalue weighted by molar-refractivity contribution is 7.92. The van der Waals surface area contributed by atoms with Gasteiger partial charge in [-0.3, -0.25) is 13.4 Å². The Hall–Kier alpha value is -5.21. The monoisotopic (exact) mass is 895 g/mol. The van der Waals surface area contributed by atoms with E-state index in [0.29, 0.717) is 34.0 Å². The lowest BCUT2D eigenvalue weighted by molar-refractivity contribution is 0.100. The number of carbonyl (C=O) groups excluding carboxylic acids is 1. The van der Waals surface area contributed by atoms with Crippen LogP contribution in [-0.2, 0) is 33.1 Å². The molecule has 4 aromatic carbocycles. The molecule has 3 heterocycles. The van der Waals surface area contributed by atoms with Crippen molar-refractivity contribution in [2.45, 2.75) is 59.0 Å². The average Bonchev–Trinajstić information content (AvgIpc) is 3.97. The lowest BCUT2D eigenvalue weighted by Gasteiger charge is -2.22. The molecule has 0 saturated carbocycles. The summed E-state index contributed by atoms with van der Waals surface area (Å²) in [5, 5.41) is 8.96. The van der Waals surface area contributed by atoms with Gasteiger partial charge in [-0.1, -0.05) is 64.1 Å². The van der Waals surface area contributed by atoms with E-state index in [1.165, 1.54) is 14.9 Å². The number of rotatable bonds is 14. The number of benzene rings is 4. The van der Waals surface area contributed by atoms with Gasteiger partial charge >= 0.3 is 6.43 Å². The highest BCUT2D eigenvalue weighted by Crippen LogP contribution is 2.34. The Morgan fingerprint density at radius 2 is 1.15 bits per heavy atom. The number of aromatic nitrogens is 4. The lowest BCUT2D eigenvalue weighted by atomic mass is 10.1. The van der Waals surface area contributed by atoms with E-state index in [9.17, 15) is 30.4 Å². The van der Waals surface area contributed by atoms with Crippen LogP contribution in [-0.4, -0.2) is 61.8 Å². The topological polar surface area (TPSA) is 183 Å². The Labute approximate surface area is 355 Å². The molecule has 0 spiro atoms. The molecule has 0 aliphatic rings. The number of alkyl halides is 2. The summed E-state index contributed by atoms with van der Waals surface area (Å²) < 4.78 is 84.8. The molecule has 7 aromatic rings. The predicted molar refractivity (Wildman–Crippen MR) is 234 cm³/mol. The summed E-state index contributed by atoms with van der Waals surface area (Å²) in [5.41, 5.74) is 10.7. The predicted octanol–water partition coefficient (Wildman–Crippen LogP) is 8.90. The minimum absolute atomic E-state index is 0.0246. The fourth-order valence-electron chi connectivity index (χ4n) is 5.90. The normalized spacial score (nSPS) is 12.1. The molecule has 7 rings (SSSR count). The molecule has 0 bridgehead atoms. The number of Topliss-reactive ketones (excluding diaryl/α,β-unsaturated/α-hetero) is 1. The van der Waals surface area contributed by atoms with E-state index in [4.69, 9.17) is 10.2 Å². The Bertz CT molecular complexity index is 2840. The van der Waals surface area contributed by atoms with Crippen LogP contribution in [0.15, 0.2) is 89.3 Å². The largest absolute Gasteiger partial charge is 0.415 e. The second-order valence-corrected chi connectivity index (χ2v) is 20.5. The highest BCUT2D eigenvalue weighted by atomic mass is 32.2. The number of ketones is 1. The fraction of sp³-hybridized carbons (Fsp3) is 0.293. The number of halogens is 2. The SMILES string of the molecule is CC(C)c1nc2ccc(N(Cc3ccc(-c4nnc(C(F)F)o4)cc3)S(C)(=O)=O)cc2s1.CC(C)c1nc2ccc(N(Cc3ccc(C(=O)CN)cc3)S(C)(=O)=O)cc2s1. The molecule has 13 nitrogen and oxygen atoms in total. The zero-order valence-corrected chi connectivity index (χ0v) is 36.8. The molecule has 2 N–H and O–H groups in total. The third kappa shape index (κ3) is 10.6. The lowest BCUT2D eigenvalue weighted by Crippen LogP contribution is -2.29. The van der Waals surface area contributed by atoms with E-state index in [0.717, 1.165) is 42.3 Å². The van der Waals surface area contributed by atoms with Gasteiger partial charge in [-0.15, -0.1) is 32.9 Å². The minimum atomic E-state index is -3.57. The molecule has 60 heavy (non-hydrogen) atoms. The van der Waals surface area contributed by atoms with Gasteiger partial charge < -0.3 is 10.2 Å². The third-order valence-electron chi connectivity index (χ3n) is 9.08. The first-order chi connectivity index (χ1) is 28.3. The molecule has 0 aliphatic heterocycles. The molecule has 0 atom stereocenters. The van der Waals surface area contributed by atoms with Gasteiger partial charge in [0.05, 0.1) is 74.0 Å². The maximum atomic E-state index is 12.7. The van der Waals surface area contributed by atoms with E-state index in [-0.39, 0.29) is 37.2 Å². The van der Waals surface area contributed by atoms with Crippen molar-refractivity contribution >= 4 is 80.3 Å². The molecule has 0 radical (unpaired) electrons. The van der Waals surface area contributed by atoms with Gasteiger partial charge in [-0.25, -0.2) is 26.8 Å². The quantitative estimate of drug-likeness (QED) is 0.103. The number of anilines is 2. The molecule has 0 aliphatic carbocycles. The van der Waals surface area contributed by atoms with Crippen LogP contribution in [0, 0.1) is 0 Å². The first-order valence-corrected chi connectivity index (χ1v) is 23.9. The van der Waals surface area contributed by atoms with Crippen molar-refractivity contribution in [2.75, 3.05) is 27.7 Å². The fourth-order valence-corrected chi connectivity index (χ4v) is 9.67. The second kappa shape index (κ2) is 18.2. The van der Waals surface area contributed by atoms with E-state index < -0.39 is 32.4 Å². The Morgan fingerprint density at radius 1 is 0.700 bits per heavy atom. The summed E-state index contributed by atoms with van der Waals surface area (Å²) in [7, 11) is -7.06. The van der Waals surface area contributed by atoms with Crippen LogP contribution >= 0.6 is 22.7 Å². The van der Waals surface area contributed by atoms with Crippen LogP contribution < -0.4 is 14.3 Å². The zero-order valence-electron chi connectivity index (χ0n) is 33.5. The Kier molecular flexibility index (Phi) is 13.4. The molecular formula is C41H43F2N7O6S4. The number of thiazole rings is 2. The van der Waals surface area contributed by atoms with Crippen molar-refractivity contribution in [3.63, 3.8) is 0 Å². The molecule has 0 saturated heterocycles. The van der Waals surface area contributed by atoms with Crippen LogP contribution in [0.3, 0.4) is 0 Å². The standard InChI is InChI=1S/C21H20F2N4O3S2.C20H23N3O3S2/c1-12(2)21-24-16-9-8-15(10-17(16)31-21)27(32(3,28)29)11-13-4-6-14(7-5-13)19-25-26-20(30-19)18(22)23;1-13(2)20-22-17-9-8-16(10-19(17)27-20)23(28(3,25)26)12-14-4-6-15(7-5-14)18(24)11-21/h4-10,12,18H,11H2,1-3H3;4-10,13H,11-12,21H2,1-3H3. The summed E-state index contributed by atoms with van der Waals surface area (Å²) in [6.07, 6.45) is -0.496. The van der Waals surface area contributed by atoms with Crippen molar-refractivity contribution in [3.8, 4) is 11.5 Å². The van der Waals surface area contributed by atoms with Gasteiger partial charge in [0.25, 0.3) is 5.89 Å². The number of fused-ring (bicyclic) bond motifs is 2. The first kappa shape index (κ1) is 44.3. The highest BCUT2D eigenvalue weighted by Gasteiger charge is 2.22. The second-order valence-electron chi connectivity index (χ2n) is 14.5. The Morgan fingerprint density at radius 3 is 1.53 bits per heavy atom. The molecule has 3 aromatic heterocycles. The number of sulfonamides is 2. The minimum Gasteiger partial charge on any atom is -0.415 e. The smallest absolute Gasteiger partial charge is 0.314 e. The third-order valence-corrected chi connectivity index (χ3v) is 14.0. The van der Waals surface area contributed by atoms with Gasteiger partial charge in [0.1, 0.15) is 0 Å². The molecule has 0 fully saturated rings. The van der Waals surface area contributed by atoms with Crippen LogP contribution in [0.5, 0.6) is 0 Å². The van der Waals surface area contributed by atoms with Crippen molar-refractivity contribution in [1.29, 1.82) is 0 Å². The van der Waals surface area contributed by atoms with Gasteiger partial charge in [-0.2, -0.15) is 8.78 Å². The molecule has 316 valence electrons. The van der Waals surface area contributed by atoms with Gasteiger partial charge in [-0.05, 0) is 59.7 Å². The Balaban J connectivity index is 0.000000203. The van der Waals surface area contributed by atoms with Gasteiger partial charge in [0, 0.05) is 23.0 Å². The number of carbonyl (C=O) groups is 1. The molecule has 19 heteroatoms. The average molecular weight is 896 g/mol. The maximum Gasteiger partial charge on any atom is 0.314 e.